The molecule has 1 fully saturated rings. The Kier molecular flexibility index (Phi) is 8.36. The molecule has 1 aromatic carbocycles. The number of nitrogens with one attached hydrogen (secondary N) is 3. The predicted molar refractivity (Wildman–Crippen MR) is 107 cm³/mol. The lowest BCUT2D eigenvalue weighted by atomic mass is 10.1. The minimum Gasteiger partial charge on any atom is -0.357 e. The molecule has 0 bridgehead atoms. The molecule has 0 aromatic heterocycles. The lowest BCUT2D eigenvalue weighted by molar-refractivity contribution is -0.114. The third-order valence-electron chi connectivity index (χ3n) is 3.78. The first-order valence-electron chi connectivity index (χ1n) is 8.06. The van der Waals surface area contributed by atoms with Gasteiger partial charge < -0.3 is 16.0 Å². The van der Waals surface area contributed by atoms with Gasteiger partial charge in [-0.25, -0.2) is 4.99 Å². The highest BCUT2D eigenvalue weighted by Gasteiger charge is 2.33. The fourth-order valence-electron chi connectivity index (χ4n) is 2.24. The summed E-state index contributed by atoms with van der Waals surface area (Å²) in [6.45, 7) is 7.22. The first kappa shape index (κ1) is 19.7. The Labute approximate surface area is 155 Å². The van der Waals surface area contributed by atoms with Gasteiger partial charge in [-0.15, -0.1) is 24.0 Å². The predicted octanol–water partition coefficient (Wildman–Crippen LogP) is 2.77. The molecular formula is C17H27IN4O. The summed E-state index contributed by atoms with van der Waals surface area (Å²) < 4.78 is 0. The quantitative estimate of drug-likeness (QED) is 0.370. The molecule has 6 heteroatoms. The van der Waals surface area contributed by atoms with E-state index in [1.807, 2.05) is 25.1 Å². The standard InChI is InChI=1S/C17H26N4O.HI/c1-4-13-7-6-8-14(10-13)20-16(22)11-19-17(18-5-2)21-15-9-12(15)3;/h6-8,10,12,15H,4-5,9,11H2,1-3H3,(H,20,22)(H2,18,19,21);1H. The molecule has 0 saturated heterocycles. The second-order valence-corrected chi connectivity index (χ2v) is 5.76. The van der Waals surface area contributed by atoms with Crippen LogP contribution in [0.1, 0.15) is 32.8 Å². The summed E-state index contributed by atoms with van der Waals surface area (Å²) in [6, 6.07) is 8.39. The Morgan fingerprint density at radius 1 is 1.35 bits per heavy atom. The number of nitrogens with zero attached hydrogens (tertiary/aromatic N) is 1. The number of halogens is 1. The van der Waals surface area contributed by atoms with Crippen molar-refractivity contribution in [2.45, 2.75) is 39.7 Å². The molecule has 2 unspecified atom stereocenters. The number of guanidine groups is 1. The third kappa shape index (κ3) is 6.76. The van der Waals surface area contributed by atoms with Crippen LogP contribution in [0.15, 0.2) is 29.3 Å². The highest BCUT2D eigenvalue weighted by Crippen LogP contribution is 2.28. The van der Waals surface area contributed by atoms with Crippen LogP contribution >= 0.6 is 24.0 Å². The fourth-order valence-corrected chi connectivity index (χ4v) is 2.24. The summed E-state index contributed by atoms with van der Waals surface area (Å²) in [5.41, 5.74) is 2.03. The molecule has 23 heavy (non-hydrogen) atoms. The maximum atomic E-state index is 12.0. The van der Waals surface area contributed by atoms with E-state index in [2.05, 4.69) is 40.9 Å². The lowest BCUT2D eigenvalue weighted by Crippen LogP contribution is -2.39. The van der Waals surface area contributed by atoms with Gasteiger partial charge in [-0.3, -0.25) is 4.79 Å². The van der Waals surface area contributed by atoms with E-state index in [-0.39, 0.29) is 36.4 Å². The Morgan fingerprint density at radius 2 is 2.09 bits per heavy atom. The number of rotatable bonds is 6. The summed E-state index contributed by atoms with van der Waals surface area (Å²) >= 11 is 0. The van der Waals surface area contributed by atoms with Crippen LogP contribution in [-0.4, -0.2) is 31.0 Å². The zero-order chi connectivity index (χ0) is 15.9. The van der Waals surface area contributed by atoms with Crippen molar-refractivity contribution in [3.63, 3.8) is 0 Å². The van der Waals surface area contributed by atoms with E-state index < -0.39 is 0 Å². The first-order chi connectivity index (χ1) is 10.6. The zero-order valence-corrected chi connectivity index (χ0v) is 16.4. The Morgan fingerprint density at radius 3 is 2.70 bits per heavy atom. The van der Waals surface area contributed by atoms with Crippen LogP contribution in [0.5, 0.6) is 0 Å². The molecule has 2 atom stereocenters. The lowest BCUT2D eigenvalue weighted by Gasteiger charge is -2.11. The minimum absolute atomic E-state index is 0. The van der Waals surface area contributed by atoms with Crippen molar-refractivity contribution >= 4 is 41.5 Å². The van der Waals surface area contributed by atoms with Gasteiger partial charge in [-0.1, -0.05) is 26.0 Å². The molecule has 5 nitrogen and oxygen atoms in total. The average Bonchev–Trinajstić information content (AvgIpc) is 3.20. The normalized spacial score (nSPS) is 19.5. The number of aliphatic imine (C=N–C) groups is 1. The number of benzene rings is 1. The smallest absolute Gasteiger partial charge is 0.246 e. The number of hydrogen-bond acceptors (Lipinski definition) is 2. The van der Waals surface area contributed by atoms with E-state index in [1.165, 1.54) is 12.0 Å². The van der Waals surface area contributed by atoms with Gasteiger partial charge in [-0.05, 0) is 43.4 Å². The Bertz CT molecular complexity index is 547. The zero-order valence-electron chi connectivity index (χ0n) is 14.1. The summed E-state index contributed by atoms with van der Waals surface area (Å²) in [7, 11) is 0. The maximum Gasteiger partial charge on any atom is 0.246 e. The first-order valence-corrected chi connectivity index (χ1v) is 8.06. The van der Waals surface area contributed by atoms with Gasteiger partial charge in [0.05, 0.1) is 0 Å². The summed E-state index contributed by atoms with van der Waals surface area (Å²) in [4.78, 5) is 16.4. The monoisotopic (exact) mass is 430 g/mol. The Hall–Kier alpha value is -1.31. The molecule has 1 aromatic rings. The van der Waals surface area contributed by atoms with Gasteiger partial charge in [0.1, 0.15) is 6.54 Å². The fraction of sp³-hybridized carbons (Fsp3) is 0.529. The second kappa shape index (κ2) is 9.75. The minimum atomic E-state index is -0.102. The van der Waals surface area contributed by atoms with Crippen LogP contribution in [-0.2, 0) is 11.2 Å². The van der Waals surface area contributed by atoms with E-state index >= 15 is 0 Å². The number of amides is 1. The molecule has 0 spiro atoms. The van der Waals surface area contributed by atoms with Crippen molar-refractivity contribution in [1.29, 1.82) is 0 Å². The van der Waals surface area contributed by atoms with E-state index in [9.17, 15) is 4.79 Å². The molecule has 3 N–H and O–H groups in total. The third-order valence-corrected chi connectivity index (χ3v) is 3.78. The largest absolute Gasteiger partial charge is 0.357 e. The van der Waals surface area contributed by atoms with Crippen molar-refractivity contribution in [2.75, 3.05) is 18.4 Å². The van der Waals surface area contributed by atoms with Crippen LogP contribution in [0.2, 0.25) is 0 Å². The van der Waals surface area contributed by atoms with Gasteiger partial charge >= 0.3 is 0 Å². The van der Waals surface area contributed by atoms with E-state index in [1.54, 1.807) is 0 Å². The second-order valence-electron chi connectivity index (χ2n) is 5.76. The average molecular weight is 430 g/mol. The van der Waals surface area contributed by atoms with Crippen molar-refractivity contribution in [3.05, 3.63) is 29.8 Å². The van der Waals surface area contributed by atoms with Crippen LogP contribution in [0.4, 0.5) is 5.69 Å². The molecule has 1 aliphatic carbocycles. The summed E-state index contributed by atoms with van der Waals surface area (Å²) in [6.07, 6.45) is 2.12. The van der Waals surface area contributed by atoms with Crippen molar-refractivity contribution in [1.82, 2.24) is 10.6 Å². The summed E-state index contributed by atoms with van der Waals surface area (Å²) in [5, 5.41) is 9.40. The van der Waals surface area contributed by atoms with Gasteiger partial charge in [-0.2, -0.15) is 0 Å². The molecule has 128 valence electrons. The van der Waals surface area contributed by atoms with Gasteiger partial charge in [0, 0.05) is 18.3 Å². The highest BCUT2D eigenvalue weighted by molar-refractivity contribution is 14.0. The molecule has 2 rings (SSSR count). The van der Waals surface area contributed by atoms with Gasteiger partial charge in [0.15, 0.2) is 5.96 Å². The molecule has 1 amide bonds. The SMILES string of the molecule is CCNC(=NCC(=O)Nc1cccc(CC)c1)NC1CC1C.I. The van der Waals surface area contributed by atoms with Gasteiger partial charge in [0.25, 0.3) is 0 Å². The topological polar surface area (TPSA) is 65.5 Å². The number of aryl methyl sites for hydroxylation is 1. The van der Waals surface area contributed by atoms with E-state index in [0.717, 1.165) is 18.7 Å². The van der Waals surface area contributed by atoms with Gasteiger partial charge in [0.2, 0.25) is 5.91 Å². The van der Waals surface area contributed by atoms with E-state index in [4.69, 9.17) is 0 Å². The molecule has 0 aliphatic heterocycles. The van der Waals surface area contributed by atoms with E-state index in [0.29, 0.717) is 17.9 Å². The number of carbonyl (C=O) groups is 1. The molecular weight excluding hydrogens is 403 g/mol. The number of carbonyl (C=O) groups excluding carboxylic acids is 1. The van der Waals surface area contributed by atoms with Crippen LogP contribution < -0.4 is 16.0 Å². The number of hydrogen-bond donors (Lipinski definition) is 3. The maximum absolute atomic E-state index is 12.0. The van der Waals surface area contributed by atoms with Crippen LogP contribution in [0.25, 0.3) is 0 Å². The molecule has 1 saturated carbocycles. The number of anilines is 1. The molecule has 0 heterocycles. The van der Waals surface area contributed by atoms with Crippen molar-refractivity contribution in [3.8, 4) is 0 Å². The Balaban J connectivity index is 0.00000264. The molecule has 1 aliphatic rings. The van der Waals surface area contributed by atoms with Crippen molar-refractivity contribution < 1.29 is 4.79 Å². The van der Waals surface area contributed by atoms with Crippen molar-refractivity contribution in [2.24, 2.45) is 10.9 Å². The highest BCUT2D eigenvalue weighted by atomic mass is 127. The van der Waals surface area contributed by atoms with Crippen LogP contribution in [0, 0.1) is 5.92 Å². The summed E-state index contributed by atoms with van der Waals surface area (Å²) in [5.74, 6) is 1.30. The molecule has 0 radical (unpaired) electrons. The van der Waals surface area contributed by atoms with Crippen LogP contribution in [0.3, 0.4) is 0 Å².